The maximum Gasteiger partial charge on any atom is 0.261 e. The molecule has 0 saturated carbocycles. The van der Waals surface area contributed by atoms with Gasteiger partial charge in [0.25, 0.3) is 5.91 Å². The first-order valence-corrected chi connectivity index (χ1v) is 8.32. The van der Waals surface area contributed by atoms with E-state index in [4.69, 9.17) is 16.3 Å². The van der Waals surface area contributed by atoms with Crippen molar-refractivity contribution in [3.63, 3.8) is 0 Å². The third-order valence-corrected chi connectivity index (χ3v) is 4.44. The van der Waals surface area contributed by atoms with Crippen LogP contribution in [0.1, 0.15) is 15.2 Å². The van der Waals surface area contributed by atoms with Gasteiger partial charge in [0.1, 0.15) is 11.5 Å². The van der Waals surface area contributed by atoms with E-state index in [9.17, 15) is 4.79 Å². The molecule has 1 aromatic heterocycles. The first-order valence-electron chi connectivity index (χ1n) is 7.06. The van der Waals surface area contributed by atoms with Gasteiger partial charge in [-0.15, -0.1) is 11.3 Å². The molecule has 0 aliphatic heterocycles. The fourth-order valence-corrected chi connectivity index (χ4v) is 2.96. The third-order valence-electron chi connectivity index (χ3n) is 3.22. The summed E-state index contributed by atoms with van der Waals surface area (Å²) in [6.07, 6.45) is 0. The standard InChI is InChI=1S/C18H14ClNO2S/c19-15-8-4-9-16(22-13-6-2-1-3-7-13)14(15)12-20-18(21)17-10-5-11-23-17/h1-11H,12H2,(H,20,21). The lowest BCUT2D eigenvalue weighted by Crippen LogP contribution is -2.22. The number of hydrogen-bond acceptors (Lipinski definition) is 3. The molecular weight excluding hydrogens is 330 g/mol. The molecule has 0 saturated heterocycles. The molecule has 0 spiro atoms. The van der Waals surface area contributed by atoms with E-state index in [1.165, 1.54) is 11.3 Å². The Morgan fingerprint density at radius 1 is 1.04 bits per heavy atom. The molecule has 0 aliphatic rings. The van der Waals surface area contributed by atoms with E-state index < -0.39 is 0 Å². The van der Waals surface area contributed by atoms with Crippen LogP contribution in [0, 0.1) is 0 Å². The van der Waals surface area contributed by atoms with Gasteiger partial charge >= 0.3 is 0 Å². The number of benzene rings is 2. The van der Waals surface area contributed by atoms with Crippen LogP contribution in [0.3, 0.4) is 0 Å². The molecule has 3 nitrogen and oxygen atoms in total. The zero-order valence-electron chi connectivity index (χ0n) is 12.2. The molecule has 2 aromatic carbocycles. The van der Waals surface area contributed by atoms with Crippen molar-refractivity contribution < 1.29 is 9.53 Å². The van der Waals surface area contributed by atoms with Crippen molar-refractivity contribution >= 4 is 28.8 Å². The maximum absolute atomic E-state index is 12.1. The predicted octanol–water partition coefficient (Wildman–Crippen LogP) is 5.12. The van der Waals surface area contributed by atoms with Gasteiger partial charge in [0.2, 0.25) is 0 Å². The monoisotopic (exact) mass is 343 g/mol. The van der Waals surface area contributed by atoms with Crippen molar-refractivity contribution in [1.82, 2.24) is 5.32 Å². The van der Waals surface area contributed by atoms with E-state index in [0.29, 0.717) is 22.2 Å². The topological polar surface area (TPSA) is 38.3 Å². The highest BCUT2D eigenvalue weighted by molar-refractivity contribution is 7.12. The molecular formula is C18H14ClNO2S. The number of amides is 1. The second-order valence-corrected chi connectivity index (χ2v) is 6.15. The molecule has 0 bridgehead atoms. The van der Waals surface area contributed by atoms with E-state index in [-0.39, 0.29) is 5.91 Å². The Balaban J connectivity index is 1.77. The van der Waals surface area contributed by atoms with E-state index in [1.807, 2.05) is 53.9 Å². The summed E-state index contributed by atoms with van der Waals surface area (Å²) >= 11 is 7.68. The summed E-state index contributed by atoms with van der Waals surface area (Å²) in [4.78, 5) is 12.7. The van der Waals surface area contributed by atoms with Gasteiger partial charge in [-0.3, -0.25) is 4.79 Å². The molecule has 0 fully saturated rings. The summed E-state index contributed by atoms with van der Waals surface area (Å²) in [6.45, 7) is 0.304. The van der Waals surface area contributed by atoms with Crippen molar-refractivity contribution in [2.75, 3.05) is 0 Å². The number of ether oxygens (including phenoxy) is 1. The summed E-state index contributed by atoms with van der Waals surface area (Å²) < 4.78 is 5.88. The third kappa shape index (κ3) is 3.92. The summed E-state index contributed by atoms with van der Waals surface area (Å²) in [7, 11) is 0. The van der Waals surface area contributed by atoms with Gasteiger partial charge in [-0.05, 0) is 35.7 Å². The van der Waals surface area contributed by atoms with E-state index >= 15 is 0 Å². The van der Waals surface area contributed by atoms with E-state index in [1.54, 1.807) is 12.1 Å². The number of carbonyl (C=O) groups excluding carboxylic acids is 1. The van der Waals surface area contributed by atoms with Crippen LogP contribution in [0.15, 0.2) is 66.0 Å². The van der Waals surface area contributed by atoms with Gasteiger partial charge in [0.05, 0.1) is 4.88 Å². The molecule has 23 heavy (non-hydrogen) atoms. The lowest BCUT2D eigenvalue weighted by molar-refractivity contribution is 0.0955. The zero-order valence-corrected chi connectivity index (χ0v) is 13.7. The summed E-state index contributed by atoms with van der Waals surface area (Å²) in [6, 6.07) is 18.5. The predicted molar refractivity (Wildman–Crippen MR) is 93.5 cm³/mol. The molecule has 5 heteroatoms. The smallest absolute Gasteiger partial charge is 0.261 e. The molecule has 0 radical (unpaired) electrons. The largest absolute Gasteiger partial charge is 0.457 e. The molecule has 1 N–H and O–H groups in total. The first-order chi connectivity index (χ1) is 11.2. The fourth-order valence-electron chi connectivity index (χ4n) is 2.09. The highest BCUT2D eigenvalue weighted by Gasteiger charge is 2.12. The van der Waals surface area contributed by atoms with Gasteiger partial charge in [-0.1, -0.05) is 41.9 Å². The summed E-state index contributed by atoms with van der Waals surface area (Å²) in [5, 5.41) is 5.30. The Hall–Kier alpha value is -2.30. The second kappa shape index (κ2) is 7.31. The minimum Gasteiger partial charge on any atom is -0.457 e. The minimum atomic E-state index is -0.120. The lowest BCUT2D eigenvalue weighted by Gasteiger charge is -2.13. The Kier molecular flexibility index (Phi) is 4.95. The molecule has 1 amide bonds. The number of hydrogen-bond donors (Lipinski definition) is 1. The first kappa shape index (κ1) is 15.6. The number of carbonyl (C=O) groups is 1. The van der Waals surface area contributed by atoms with E-state index in [2.05, 4.69) is 5.32 Å². The van der Waals surface area contributed by atoms with Gasteiger partial charge in [-0.2, -0.15) is 0 Å². The average molecular weight is 344 g/mol. The van der Waals surface area contributed by atoms with Crippen molar-refractivity contribution in [2.45, 2.75) is 6.54 Å². The number of para-hydroxylation sites is 1. The number of rotatable bonds is 5. The van der Waals surface area contributed by atoms with Crippen molar-refractivity contribution in [3.05, 3.63) is 81.5 Å². The minimum absolute atomic E-state index is 0.120. The van der Waals surface area contributed by atoms with Crippen LogP contribution >= 0.6 is 22.9 Å². The molecule has 3 rings (SSSR count). The van der Waals surface area contributed by atoms with Crippen LogP contribution in [0.25, 0.3) is 0 Å². The quantitative estimate of drug-likeness (QED) is 0.698. The molecule has 1 heterocycles. The van der Waals surface area contributed by atoms with Crippen LogP contribution in [0.2, 0.25) is 5.02 Å². The highest BCUT2D eigenvalue weighted by Crippen LogP contribution is 2.30. The van der Waals surface area contributed by atoms with Crippen molar-refractivity contribution in [2.24, 2.45) is 0 Å². The van der Waals surface area contributed by atoms with Crippen molar-refractivity contribution in [3.8, 4) is 11.5 Å². The van der Waals surface area contributed by atoms with Gasteiger partial charge in [0.15, 0.2) is 0 Å². The van der Waals surface area contributed by atoms with Gasteiger partial charge in [-0.25, -0.2) is 0 Å². The summed E-state index contributed by atoms with van der Waals surface area (Å²) in [5.74, 6) is 1.24. The zero-order chi connectivity index (χ0) is 16.1. The highest BCUT2D eigenvalue weighted by atomic mass is 35.5. The Labute approximate surface area is 143 Å². The van der Waals surface area contributed by atoms with Crippen molar-refractivity contribution in [1.29, 1.82) is 0 Å². The van der Waals surface area contributed by atoms with Gasteiger partial charge < -0.3 is 10.1 Å². The average Bonchev–Trinajstić information content (AvgIpc) is 3.10. The van der Waals surface area contributed by atoms with Crippen LogP contribution in [-0.2, 0) is 6.54 Å². The van der Waals surface area contributed by atoms with Crippen LogP contribution in [0.5, 0.6) is 11.5 Å². The van der Waals surface area contributed by atoms with Crippen LogP contribution < -0.4 is 10.1 Å². The number of halogens is 1. The van der Waals surface area contributed by atoms with Crippen LogP contribution in [-0.4, -0.2) is 5.91 Å². The molecule has 3 aromatic rings. The molecule has 116 valence electrons. The fraction of sp³-hybridized carbons (Fsp3) is 0.0556. The maximum atomic E-state index is 12.1. The lowest BCUT2D eigenvalue weighted by atomic mass is 10.2. The summed E-state index contributed by atoms with van der Waals surface area (Å²) in [5.41, 5.74) is 0.753. The number of nitrogens with one attached hydrogen (secondary N) is 1. The molecule has 0 aliphatic carbocycles. The molecule has 0 unspecified atom stereocenters. The second-order valence-electron chi connectivity index (χ2n) is 4.79. The Morgan fingerprint density at radius 3 is 2.61 bits per heavy atom. The molecule has 0 atom stereocenters. The SMILES string of the molecule is O=C(NCc1c(Cl)cccc1Oc1ccccc1)c1cccs1. The van der Waals surface area contributed by atoms with E-state index in [0.717, 1.165) is 11.3 Å². The Bertz CT molecular complexity index is 788. The Morgan fingerprint density at radius 2 is 1.87 bits per heavy atom. The number of thiophene rings is 1. The van der Waals surface area contributed by atoms with Gasteiger partial charge in [0, 0.05) is 17.1 Å². The van der Waals surface area contributed by atoms with Crippen LogP contribution in [0.4, 0.5) is 0 Å². The normalized spacial score (nSPS) is 10.3.